The molecule has 0 saturated heterocycles. The molecule has 1 heterocycles. The van der Waals surface area contributed by atoms with Gasteiger partial charge in [-0.3, -0.25) is 0 Å². The fraction of sp³-hybridized carbons (Fsp3) is 0.211. The van der Waals surface area contributed by atoms with E-state index in [-0.39, 0.29) is 6.71 Å². The second kappa shape index (κ2) is 10.5. The molecule has 1 aliphatic rings. The molecule has 0 aromatic heterocycles. The summed E-state index contributed by atoms with van der Waals surface area (Å²) in [5.41, 5.74) is 18.9. The van der Waals surface area contributed by atoms with Crippen molar-refractivity contribution in [1.82, 2.24) is 0 Å². The Balaban J connectivity index is 1.53. The summed E-state index contributed by atoms with van der Waals surface area (Å²) in [6.07, 6.45) is 2.11. The zero-order chi connectivity index (χ0) is 28.0. The van der Waals surface area contributed by atoms with E-state index in [0.717, 1.165) is 12.8 Å². The van der Waals surface area contributed by atoms with Gasteiger partial charge >= 0.3 is 0 Å². The summed E-state index contributed by atoms with van der Waals surface area (Å²) in [5, 5.41) is 0. The maximum Gasteiger partial charge on any atom is 0.242 e. The van der Waals surface area contributed by atoms with Gasteiger partial charge in [0.15, 0.2) is 0 Å². The van der Waals surface area contributed by atoms with Gasteiger partial charge in [0.2, 0.25) is 6.71 Å². The molecular weight excluding hydrogens is 481 g/mol. The normalized spacial score (nSPS) is 12.5. The molecule has 0 unspecified atom stereocenters. The summed E-state index contributed by atoms with van der Waals surface area (Å²) < 4.78 is 0. The number of para-hydroxylation sites is 2. The third kappa shape index (κ3) is 4.66. The molecule has 0 bridgehead atoms. The smallest absolute Gasteiger partial charge is 0.242 e. The van der Waals surface area contributed by atoms with Crippen molar-refractivity contribution in [1.29, 1.82) is 0 Å². The average molecular weight is 520 g/mol. The molecule has 1 nitrogen and oxygen atoms in total. The van der Waals surface area contributed by atoms with E-state index in [1.807, 2.05) is 0 Å². The predicted molar refractivity (Wildman–Crippen MR) is 174 cm³/mol. The molecule has 0 amide bonds. The topological polar surface area (TPSA) is 3.24 Å². The lowest BCUT2D eigenvalue weighted by Crippen LogP contribution is -2.55. The highest BCUT2D eigenvalue weighted by Gasteiger charge is 2.29. The highest BCUT2D eigenvalue weighted by molar-refractivity contribution is 6.96. The summed E-state index contributed by atoms with van der Waals surface area (Å²) in [4.78, 5) is 2.46. The Labute approximate surface area is 240 Å². The van der Waals surface area contributed by atoms with Crippen LogP contribution >= 0.6 is 0 Å². The Morgan fingerprint density at radius 2 is 0.900 bits per heavy atom. The lowest BCUT2D eigenvalue weighted by atomic mass is 9.34. The van der Waals surface area contributed by atoms with E-state index in [4.69, 9.17) is 0 Å². The third-order valence-electron chi connectivity index (χ3n) is 8.67. The quantitative estimate of drug-likeness (QED) is 0.221. The lowest BCUT2D eigenvalue weighted by Gasteiger charge is -2.28. The Morgan fingerprint density at radius 3 is 1.32 bits per heavy atom. The minimum Gasteiger partial charge on any atom is -0.310 e. The van der Waals surface area contributed by atoms with Crippen LogP contribution in [0.4, 0.5) is 17.1 Å². The number of benzene rings is 5. The number of fused-ring (bicyclic) bond motifs is 2. The van der Waals surface area contributed by atoms with Gasteiger partial charge < -0.3 is 4.90 Å². The van der Waals surface area contributed by atoms with E-state index in [1.165, 1.54) is 78.0 Å². The Hall–Kier alpha value is -4.04. The molecule has 6 rings (SSSR count). The number of hydrogen-bond donors (Lipinski definition) is 0. The van der Waals surface area contributed by atoms with Gasteiger partial charge in [-0.15, -0.1) is 0 Å². The van der Waals surface area contributed by atoms with Crippen molar-refractivity contribution in [3.05, 3.63) is 142 Å². The van der Waals surface area contributed by atoms with Crippen LogP contribution in [0.3, 0.4) is 0 Å². The van der Waals surface area contributed by atoms with Crippen LogP contribution in [-0.2, 0) is 12.8 Å². The van der Waals surface area contributed by atoms with Crippen LogP contribution in [0.1, 0.15) is 44.5 Å². The zero-order valence-corrected chi connectivity index (χ0v) is 24.7. The molecule has 1 aliphatic heterocycles. The molecule has 198 valence electrons. The Kier molecular flexibility index (Phi) is 6.88. The van der Waals surface area contributed by atoms with Crippen LogP contribution in [0, 0.1) is 41.5 Å². The maximum atomic E-state index is 2.46. The first-order chi connectivity index (χ1) is 19.3. The van der Waals surface area contributed by atoms with Crippen molar-refractivity contribution in [2.45, 2.75) is 54.4 Å². The third-order valence-corrected chi connectivity index (χ3v) is 8.67. The van der Waals surface area contributed by atoms with Gasteiger partial charge in [-0.25, -0.2) is 0 Å². The van der Waals surface area contributed by atoms with Crippen molar-refractivity contribution >= 4 is 40.2 Å². The van der Waals surface area contributed by atoms with Gasteiger partial charge in [0.1, 0.15) is 0 Å². The standard InChI is InChI=1S/C38H38BN/c1-25-21-27(3)37(28(4)22-25)39(38-29(5)23-26(2)24-30(38)6)33-17-19-34(20-18-33)40-35-13-9-7-11-31(35)15-16-32-12-8-10-14-36(32)40/h7-14,17-24H,15-16H2,1-6H3. The van der Waals surface area contributed by atoms with Crippen LogP contribution in [0.15, 0.2) is 97.1 Å². The van der Waals surface area contributed by atoms with Crippen LogP contribution in [0.25, 0.3) is 0 Å². The lowest BCUT2D eigenvalue weighted by molar-refractivity contribution is 0.977. The molecule has 0 atom stereocenters. The van der Waals surface area contributed by atoms with Gasteiger partial charge in [-0.2, -0.15) is 0 Å². The molecule has 0 radical (unpaired) electrons. The van der Waals surface area contributed by atoms with E-state index in [1.54, 1.807) is 0 Å². The first kappa shape index (κ1) is 26.2. The molecule has 0 aliphatic carbocycles. The number of hydrogen-bond acceptors (Lipinski definition) is 1. The van der Waals surface area contributed by atoms with Gasteiger partial charge in [0.05, 0.1) is 0 Å². The molecule has 0 spiro atoms. The molecule has 0 N–H and O–H groups in total. The number of anilines is 3. The molecule has 2 heteroatoms. The van der Waals surface area contributed by atoms with Crippen LogP contribution < -0.4 is 21.3 Å². The Morgan fingerprint density at radius 1 is 0.500 bits per heavy atom. The predicted octanol–water partition coefficient (Wildman–Crippen LogP) is 7.62. The number of rotatable bonds is 4. The van der Waals surface area contributed by atoms with E-state index in [0.29, 0.717) is 0 Å². The minimum absolute atomic E-state index is 0.180. The highest BCUT2D eigenvalue weighted by atomic mass is 15.1. The monoisotopic (exact) mass is 519 g/mol. The zero-order valence-electron chi connectivity index (χ0n) is 24.7. The largest absolute Gasteiger partial charge is 0.310 e. The first-order valence-corrected chi connectivity index (χ1v) is 14.5. The van der Waals surface area contributed by atoms with Crippen molar-refractivity contribution in [3.63, 3.8) is 0 Å². The second-order valence-corrected chi connectivity index (χ2v) is 11.7. The molecule has 0 saturated carbocycles. The molecule has 5 aromatic carbocycles. The first-order valence-electron chi connectivity index (χ1n) is 14.5. The van der Waals surface area contributed by atoms with Crippen LogP contribution in [0.2, 0.25) is 0 Å². The summed E-state index contributed by atoms with van der Waals surface area (Å²) in [6.45, 7) is 13.7. The molecule has 40 heavy (non-hydrogen) atoms. The second-order valence-electron chi connectivity index (χ2n) is 11.7. The van der Waals surface area contributed by atoms with Crippen LogP contribution in [-0.4, -0.2) is 6.71 Å². The van der Waals surface area contributed by atoms with E-state index >= 15 is 0 Å². The number of nitrogens with zero attached hydrogens (tertiary/aromatic N) is 1. The number of aryl methyl sites for hydroxylation is 8. The van der Waals surface area contributed by atoms with Crippen molar-refractivity contribution in [2.24, 2.45) is 0 Å². The summed E-state index contributed by atoms with van der Waals surface area (Å²) in [6, 6.07) is 36.5. The van der Waals surface area contributed by atoms with Crippen molar-refractivity contribution in [2.75, 3.05) is 4.90 Å². The Bertz CT molecular complexity index is 1560. The minimum atomic E-state index is 0.180. The van der Waals surface area contributed by atoms with Crippen molar-refractivity contribution in [3.8, 4) is 0 Å². The summed E-state index contributed by atoms with van der Waals surface area (Å²) in [5.74, 6) is 0. The molecular formula is C38H38BN. The SMILES string of the molecule is Cc1cc(C)c(B(c2ccc(N3c4ccccc4CCc4ccccc43)cc2)c2c(C)cc(C)cc2C)c(C)c1. The van der Waals surface area contributed by atoms with E-state index < -0.39 is 0 Å². The molecule has 0 fully saturated rings. The average Bonchev–Trinajstić information content (AvgIpc) is 3.08. The van der Waals surface area contributed by atoms with Gasteiger partial charge in [0, 0.05) is 17.1 Å². The van der Waals surface area contributed by atoms with Crippen LogP contribution in [0.5, 0.6) is 0 Å². The summed E-state index contributed by atoms with van der Waals surface area (Å²) >= 11 is 0. The fourth-order valence-electron chi connectivity index (χ4n) is 7.14. The highest BCUT2D eigenvalue weighted by Crippen LogP contribution is 2.41. The fourth-order valence-corrected chi connectivity index (χ4v) is 7.14. The van der Waals surface area contributed by atoms with Gasteiger partial charge in [-0.1, -0.05) is 123 Å². The van der Waals surface area contributed by atoms with Crippen molar-refractivity contribution < 1.29 is 0 Å². The van der Waals surface area contributed by atoms with E-state index in [9.17, 15) is 0 Å². The van der Waals surface area contributed by atoms with Gasteiger partial charge in [0.25, 0.3) is 0 Å². The van der Waals surface area contributed by atoms with Gasteiger partial charge in [-0.05, 0) is 89.8 Å². The maximum absolute atomic E-state index is 2.46. The summed E-state index contributed by atoms with van der Waals surface area (Å²) in [7, 11) is 0. The molecule has 5 aromatic rings. The van der Waals surface area contributed by atoms with E-state index in [2.05, 4.69) is 144 Å².